The molecular weight excluding hydrogens is 693 g/mol. The highest BCUT2D eigenvalue weighted by Crippen LogP contribution is 2.35. The number of amides is 2. The number of aryl methyl sites for hydroxylation is 1. The Kier molecular flexibility index (Phi) is 13.2. The van der Waals surface area contributed by atoms with Crippen LogP contribution in [0, 0.1) is 6.92 Å². The molecule has 0 aromatic heterocycles. The number of nitrogens with zero attached hydrogens (tertiary/aromatic N) is 2. The summed E-state index contributed by atoms with van der Waals surface area (Å²) in [6, 6.07) is 24.1. The molecule has 12 heteroatoms. The van der Waals surface area contributed by atoms with Crippen LogP contribution in [0.5, 0.6) is 5.75 Å². The van der Waals surface area contributed by atoms with Crippen LogP contribution >= 0.6 is 34.8 Å². The Labute approximate surface area is 297 Å². The highest BCUT2D eigenvalue weighted by Gasteiger charge is 2.35. The molecule has 0 spiro atoms. The van der Waals surface area contributed by atoms with Gasteiger partial charge in [0.25, 0.3) is 10.0 Å². The Morgan fingerprint density at radius 1 is 0.875 bits per heavy atom. The van der Waals surface area contributed by atoms with Crippen molar-refractivity contribution in [1.82, 2.24) is 10.2 Å². The van der Waals surface area contributed by atoms with Crippen LogP contribution in [-0.4, -0.2) is 51.4 Å². The third-order valence-corrected chi connectivity index (χ3v) is 10.5. The summed E-state index contributed by atoms with van der Waals surface area (Å²) < 4.78 is 35.2. The summed E-state index contributed by atoms with van der Waals surface area (Å²) >= 11 is 18.9. The summed E-state index contributed by atoms with van der Waals surface area (Å²) in [6.07, 6.45) is 1.79. The lowest BCUT2D eigenvalue weighted by atomic mass is 10.0. The number of rotatable bonds is 15. The number of carbonyl (C=O) groups is 2. The van der Waals surface area contributed by atoms with E-state index in [4.69, 9.17) is 39.5 Å². The number of anilines is 1. The van der Waals surface area contributed by atoms with Gasteiger partial charge in [0, 0.05) is 24.5 Å². The number of benzene rings is 4. The SMILES string of the molecule is CCCCNC(=O)[C@H](Cc1ccccc1)N(Cc1ccc(Cl)c(Cl)c1)C(=O)CN(c1cc(Cl)ccc1OC)S(=O)(=O)c1ccc(C)cc1. The summed E-state index contributed by atoms with van der Waals surface area (Å²) in [4.78, 5) is 29.9. The van der Waals surface area contributed by atoms with E-state index in [9.17, 15) is 18.0 Å². The second-order valence-electron chi connectivity index (χ2n) is 11.3. The van der Waals surface area contributed by atoms with Crippen molar-refractivity contribution in [2.24, 2.45) is 0 Å². The summed E-state index contributed by atoms with van der Waals surface area (Å²) in [5.74, 6) is -0.809. The fraction of sp³-hybridized carbons (Fsp3) is 0.278. The quantitative estimate of drug-likeness (QED) is 0.127. The van der Waals surface area contributed by atoms with Crippen molar-refractivity contribution in [2.75, 3.05) is 24.5 Å². The number of nitrogens with one attached hydrogen (secondary N) is 1. The van der Waals surface area contributed by atoms with Gasteiger partial charge in [-0.15, -0.1) is 0 Å². The van der Waals surface area contributed by atoms with Crippen LogP contribution in [0.2, 0.25) is 15.1 Å². The molecule has 0 fully saturated rings. The van der Waals surface area contributed by atoms with E-state index in [1.54, 1.807) is 36.4 Å². The molecule has 2 amide bonds. The molecule has 0 bridgehead atoms. The minimum Gasteiger partial charge on any atom is -0.495 e. The zero-order chi connectivity index (χ0) is 34.8. The van der Waals surface area contributed by atoms with Gasteiger partial charge in [-0.3, -0.25) is 13.9 Å². The highest BCUT2D eigenvalue weighted by molar-refractivity contribution is 7.92. The molecule has 0 unspecified atom stereocenters. The minimum absolute atomic E-state index is 0.0305. The van der Waals surface area contributed by atoms with E-state index in [0.29, 0.717) is 17.1 Å². The van der Waals surface area contributed by atoms with Crippen LogP contribution in [-0.2, 0) is 32.6 Å². The second-order valence-corrected chi connectivity index (χ2v) is 14.4. The van der Waals surface area contributed by atoms with Crippen molar-refractivity contribution in [2.45, 2.75) is 50.6 Å². The first-order chi connectivity index (χ1) is 22.9. The maximum absolute atomic E-state index is 14.7. The number of sulfonamides is 1. The van der Waals surface area contributed by atoms with E-state index < -0.39 is 28.5 Å². The van der Waals surface area contributed by atoms with Crippen molar-refractivity contribution >= 4 is 62.3 Å². The van der Waals surface area contributed by atoms with Crippen LogP contribution in [0.3, 0.4) is 0 Å². The van der Waals surface area contributed by atoms with Crippen LogP contribution in [0.1, 0.15) is 36.5 Å². The van der Waals surface area contributed by atoms with E-state index in [1.807, 2.05) is 44.2 Å². The van der Waals surface area contributed by atoms with Crippen molar-refractivity contribution in [1.29, 1.82) is 0 Å². The highest BCUT2D eigenvalue weighted by atomic mass is 35.5. The van der Waals surface area contributed by atoms with Crippen molar-refractivity contribution in [3.8, 4) is 5.75 Å². The van der Waals surface area contributed by atoms with Crippen molar-refractivity contribution in [3.05, 3.63) is 123 Å². The smallest absolute Gasteiger partial charge is 0.264 e. The largest absolute Gasteiger partial charge is 0.495 e. The van der Waals surface area contributed by atoms with Crippen LogP contribution in [0.25, 0.3) is 0 Å². The van der Waals surface area contributed by atoms with Gasteiger partial charge in [0.2, 0.25) is 11.8 Å². The monoisotopic (exact) mass is 729 g/mol. The third-order valence-electron chi connectivity index (χ3n) is 7.74. The van der Waals surface area contributed by atoms with Crippen LogP contribution in [0.15, 0.2) is 95.9 Å². The average Bonchev–Trinajstić information content (AvgIpc) is 3.07. The third kappa shape index (κ3) is 9.44. The van der Waals surface area contributed by atoms with Gasteiger partial charge >= 0.3 is 0 Å². The first-order valence-corrected chi connectivity index (χ1v) is 18.0. The van der Waals surface area contributed by atoms with Crippen LogP contribution < -0.4 is 14.4 Å². The molecule has 0 saturated heterocycles. The summed E-state index contributed by atoms with van der Waals surface area (Å²) in [6.45, 7) is 3.56. The van der Waals surface area contributed by atoms with E-state index >= 15 is 0 Å². The number of carbonyl (C=O) groups excluding carboxylic acids is 2. The predicted octanol–water partition coefficient (Wildman–Crippen LogP) is 7.72. The van der Waals surface area contributed by atoms with Gasteiger partial charge in [0.15, 0.2) is 0 Å². The molecule has 8 nitrogen and oxygen atoms in total. The molecule has 0 saturated carbocycles. The predicted molar refractivity (Wildman–Crippen MR) is 193 cm³/mol. The molecule has 48 heavy (non-hydrogen) atoms. The fourth-order valence-electron chi connectivity index (χ4n) is 5.10. The summed E-state index contributed by atoms with van der Waals surface area (Å²) in [5, 5.41) is 3.82. The van der Waals surface area contributed by atoms with Crippen molar-refractivity contribution < 1.29 is 22.7 Å². The van der Waals surface area contributed by atoms with E-state index in [2.05, 4.69) is 5.32 Å². The Hall–Kier alpha value is -3.76. The number of hydrogen-bond acceptors (Lipinski definition) is 5. The molecule has 4 rings (SSSR count). The second kappa shape index (κ2) is 17.1. The normalized spacial score (nSPS) is 11.9. The summed E-state index contributed by atoms with van der Waals surface area (Å²) in [5.41, 5.74) is 2.36. The van der Waals surface area contributed by atoms with Crippen LogP contribution in [0.4, 0.5) is 5.69 Å². The number of ether oxygens (including phenoxy) is 1. The van der Waals surface area contributed by atoms with Gasteiger partial charge in [0.1, 0.15) is 18.3 Å². The van der Waals surface area contributed by atoms with E-state index in [1.165, 1.54) is 36.3 Å². The molecule has 0 aliphatic carbocycles. The van der Waals surface area contributed by atoms with Crippen molar-refractivity contribution in [3.63, 3.8) is 0 Å². The topological polar surface area (TPSA) is 96.0 Å². The maximum atomic E-state index is 14.7. The Bertz CT molecular complexity index is 1820. The molecule has 0 aliphatic heterocycles. The molecule has 1 N–H and O–H groups in total. The molecule has 4 aromatic carbocycles. The standard InChI is InChI=1S/C36H38Cl3N3O5S/c1-4-5-19-40-36(44)33(21-26-9-7-6-8-10-26)41(23-27-13-17-30(38)31(39)20-27)35(43)24-42(32-22-28(37)14-18-34(32)47-3)48(45,46)29-15-11-25(2)12-16-29/h6-18,20,22,33H,4-5,19,21,23-24H2,1-3H3,(H,40,44)/t33-/m0/s1. The lowest BCUT2D eigenvalue weighted by Gasteiger charge is -2.34. The zero-order valence-corrected chi connectivity index (χ0v) is 30.0. The van der Waals surface area contributed by atoms with E-state index in [-0.39, 0.29) is 45.3 Å². The molecule has 0 heterocycles. The lowest BCUT2D eigenvalue weighted by Crippen LogP contribution is -2.53. The van der Waals surface area contributed by atoms with Gasteiger partial charge in [-0.05, 0) is 66.9 Å². The minimum atomic E-state index is -4.35. The molecular formula is C36H38Cl3N3O5S. The lowest BCUT2D eigenvalue weighted by molar-refractivity contribution is -0.140. The first-order valence-electron chi connectivity index (χ1n) is 15.4. The molecule has 4 aromatic rings. The fourth-order valence-corrected chi connectivity index (χ4v) is 7.01. The van der Waals surface area contributed by atoms with Gasteiger partial charge in [-0.2, -0.15) is 0 Å². The molecule has 254 valence electrons. The molecule has 0 radical (unpaired) electrons. The van der Waals surface area contributed by atoms with Gasteiger partial charge < -0.3 is 15.0 Å². The van der Waals surface area contributed by atoms with E-state index in [0.717, 1.165) is 28.3 Å². The number of methoxy groups -OCH3 is 1. The average molecular weight is 731 g/mol. The van der Waals surface area contributed by atoms with Gasteiger partial charge in [-0.25, -0.2) is 8.42 Å². The maximum Gasteiger partial charge on any atom is 0.264 e. The summed E-state index contributed by atoms with van der Waals surface area (Å²) in [7, 11) is -2.95. The molecule has 1 atom stereocenters. The van der Waals surface area contributed by atoms with Gasteiger partial charge in [0.05, 0.1) is 27.7 Å². The Morgan fingerprint density at radius 3 is 2.23 bits per heavy atom. The Balaban J connectivity index is 1.85. The number of unbranched alkanes of at least 4 members (excludes halogenated alkanes) is 1. The molecule has 0 aliphatic rings. The van der Waals surface area contributed by atoms with Gasteiger partial charge in [-0.1, -0.05) is 102 Å². The zero-order valence-electron chi connectivity index (χ0n) is 27.0. The number of hydrogen-bond donors (Lipinski definition) is 1. The first kappa shape index (κ1) is 37.1. The Morgan fingerprint density at radius 2 is 1.58 bits per heavy atom. The number of halogens is 3.